The van der Waals surface area contributed by atoms with Crippen LogP contribution < -0.4 is 4.90 Å². The van der Waals surface area contributed by atoms with E-state index >= 15 is 0 Å². The number of likely N-dealkylation sites (N-methyl/N-ethyl adjacent to an activating group) is 1. The molecule has 0 aliphatic heterocycles. The molecule has 2 rings (SSSR count). The molecule has 0 bridgehead atoms. The van der Waals surface area contributed by atoms with Crippen molar-refractivity contribution >= 4 is 11.8 Å². The molecular formula is C12H14N4O3. The Labute approximate surface area is 109 Å². The van der Waals surface area contributed by atoms with Crippen molar-refractivity contribution in [2.24, 2.45) is 0 Å². The average Bonchev–Trinajstić information content (AvgIpc) is 2.82. The van der Waals surface area contributed by atoms with Crippen molar-refractivity contribution in [2.45, 2.75) is 13.3 Å². The molecule has 2 aromatic rings. The Hall–Kier alpha value is -2.44. The molecule has 2 heterocycles. The molecule has 0 saturated heterocycles. The maximum Gasteiger partial charge on any atom is 0.354 e. The van der Waals surface area contributed by atoms with Crippen LogP contribution in [-0.2, 0) is 6.42 Å². The van der Waals surface area contributed by atoms with E-state index in [1.54, 1.807) is 19.1 Å². The summed E-state index contributed by atoms with van der Waals surface area (Å²) in [5.74, 6) is 0.714. The summed E-state index contributed by atoms with van der Waals surface area (Å²) >= 11 is 0. The molecule has 0 atom stereocenters. The van der Waals surface area contributed by atoms with E-state index in [4.69, 9.17) is 9.63 Å². The molecule has 0 amide bonds. The van der Waals surface area contributed by atoms with E-state index in [0.717, 1.165) is 0 Å². The Morgan fingerprint density at radius 3 is 2.84 bits per heavy atom. The fraction of sp³-hybridized carbons (Fsp3) is 0.333. The summed E-state index contributed by atoms with van der Waals surface area (Å²) in [6, 6.07) is 4.89. The van der Waals surface area contributed by atoms with Gasteiger partial charge in [-0.2, -0.15) is 4.98 Å². The van der Waals surface area contributed by atoms with E-state index in [1.165, 1.54) is 6.07 Å². The zero-order valence-corrected chi connectivity index (χ0v) is 10.7. The van der Waals surface area contributed by atoms with Crippen molar-refractivity contribution < 1.29 is 14.4 Å². The van der Waals surface area contributed by atoms with Crippen molar-refractivity contribution in [1.29, 1.82) is 0 Å². The fourth-order valence-electron chi connectivity index (χ4n) is 1.58. The van der Waals surface area contributed by atoms with Gasteiger partial charge in [0.05, 0.1) is 0 Å². The first-order valence-corrected chi connectivity index (χ1v) is 5.77. The van der Waals surface area contributed by atoms with Gasteiger partial charge in [-0.25, -0.2) is 9.78 Å². The second-order valence-corrected chi connectivity index (χ2v) is 4.09. The zero-order chi connectivity index (χ0) is 13.8. The number of hydrogen-bond donors (Lipinski definition) is 1. The third kappa shape index (κ3) is 3.27. The number of aryl methyl sites for hydroxylation is 1. The number of carbonyl (C=O) groups is 1. The van der Waals surface area contributed by atoms with Crippen LogP contribution in [-0.4, -0.2) is 39.8 Å². The maximum absolute atomic E-state index is 10.8. The van der Waals surface area contributed by atoms with Crippen molar-refractivity contribution in [3.8, 4) is 0 Å². The molecule has 0 aromatic carbocycles. The van der Waals surface area contributed by atoms with Crippen LogP contribution in [0.5, 0.6) is 0 Å². The number of carboxylic acid groups (broad SMARTS) is 1. The lowest BCUT2D eigenvalue weighted by Gasteiger charge is -2.17. The van der Waals surface area contributed by atoms with Crippen LogP contribution in [0.15, 0.2) is 22.7 Å². The molecule has 7 nitrogen and oxygen atoms in total. The summed E-state index contributed by atoms with van der Waals surface area (Å²) in [5, 5.41) is 12.7. The Kier molecular flexibility index (Phi) is 3.74. The highest BCUT2D eigenvalue weighted by Gasteiger charge is 2.09. The van der Waals surface area contributed by atoms with Crippen LogP contribution in [0.1, 0.15) is 22.2 Å². The average molecular weight is 262 g/mol. The highest BCUT2D eigenvalue weighted by atomic mass is 16.5. The number of rotatable bonds is 5. The van der Waals surface area contributed by atoms with Gasteiger partial charge in [0, 0.05) is 26.9 Å². The van der Waals surface area contributed by atoms with Gasteiger partial charge >= 0.3 is 5.97 Å². The number of carboxylic acids is 1. The summed E-state index contributed by atoms with van der Waals surface area (Å²) in [7, 11) is 1.83. The molecule has 0 radical (unpaired) electrons. The normalized spacial score (nSPS) is 10.4. The van der Waals surface area contributed by atoms with Gasteiger partial charge in [0.2, 0.25) is 5.89 Å². The van der Waals surface area contributed by atoms with E-state index in [-0.39, 0.29) is 5.69 Å². The third-order valence-electron chi connectivity index (χ3n) is 2.59. The lowest BCUT2D eigenvalue weighted by molar-refractivity contribution is 0.0690. The number of nitrogens with zero attached hydrogens (tertiary/aromatic N) is 4. The molecule has 0 saturated carbocycles. The Bertz CT molecular complexity index is 582. The molecule has 0 aliphatic carbocycles. The fourth-order valence-corrected chi connectivity index (χ4v) is 1.58. The molecule has 2 aromatic heterocycles. The van der Waals surface area contributed by atoms with Crippen LogP contribution in [0, 0.1) is 6.92 Å². The standard InChI is InChI=1S/C12H14N4O3/c1-8-13-10(15-19-8)6-7-16(2)11-5-3-4-9(14-11)12(17)18/h3-5H,6-7H2,1-2H3,(H,17,18). The van der Waals surface area contributed by atoms with Crippen LogP contribution in [0.3, 0.4) is 0 Å². The maximum atomic E-state index is 10.8. The van der Waals surface area contributed by atoms with E-state index in [1.807, 2.05) is 11.9 Å². The van der Waals surface area contributed by atoms with Crippen LogP contribution in [0.2, 0.25) is 0 Å². The highest BCUT2D eigenvalue weighted by Crippen LogP contribution is 2.10. The number of anilines is 1. The van der Waals surface area contributed by atoms with Crippen molar-refractivity contribution in [3.05, 3.63) is 35.6 Å². The highest BCUT2D eigenvalue weighted by molar-refractivity contribution is 5.85. The molecule has 0 aliphatic rings. The molecule has 0 fully saturated rings. The van der Waals surface area contributed by atoms with Crippen LogP contribution >= 0.6 is 0 Å². The predicted molar refractivity (Wildman–Crippen MR) is 67.2 cm³/mol. The largest absolute Gasteiger partial charge is 0.477 e. The van der Waals surface area contributed by atoms with Crippen molar-refractivity contribution in [2.75, 3.05) is 18.5 Å². The second kappa shape index (κ2) is 5.47. The Balaban J connectivity index is 2.01. The summed E-state index contributed by atoms with van der Waals surface area (Å²) < 4.78 is 4.88. The molecule has 0 spiro atoms. The lowest BCUT2D eigenvalue weighted by Crippen LogP contribution is -2.22. The van der Waals surface area contributed by atoms with Crippen molar-refractivity contribution in [3.63, 3.8) is 0 Å². The Morgan fingerprint density at radius 1 is 1.42 bits per heavy atom. The molecule has 7 heteroatoms. The first kappa shape index (κ1) is 13.0. The molecule has 100 valence electrons. The molecular weight excluding hydrogens is 248 g/mol. The third-order valence-corrected chi connectivity index (χ3v) is 2.59. The summed E-state index contributed by atoms with van der Waals surface area (Å²) in [6.07, 6.45) is 0.604. The summed E-state index contributed by atoms with van der Waals surface area (Å²) in [6.45, 7) is 2.35. The first-order chi connectivity index (χ1) is 9.06. The van der Waals surface area contributed by atoms with E-state index in [9.17, 15) is 4.79 Å². The molecule has 1 N–H and O–H groups in total. The van der Waals surface area contributed by atoms with Crippen molar-refractivity contribution in [1.82, 2.24) is 15.1 Å². The Morgan fingerprint density at radius 2 is 2.21 bits per heavy atom. The number of pyridine rings is 1. The van der Waals surface area contributed by atoms with E-state index in [2.05, 4.69) is 15.1 Å². The molecule has 0 unspecified atom stereocenters. The quantitative estimate of drug-likeness (QED) is 0.863. The minimum absolute atomic E-state index is 0.0276. The SMILES string of the molecule is Cc1nc(CCN(C)c2cccc(C(=O)O)n2)no1. The van der Waals surface area contributed by atoms with Gasteiger partial charge in [-0.15, -0.1) is 0 Å². The van der Waals surface area contributed by atoms with Gasteiger partial charge in [-0.3, -0.25) is 0 Å². The van der Waals surface area contributed by atoms with Gasteiger partial charge < -0.3 is 14.5 Å². The minimum atomic E-state index is -1.04. The number of aromatic carboxylic acids is 1. The van der Waals surface area contributed by atoms with Crippen LogP contribution in [0.4, 0.5) is 5.82 Å². The van der Waals surface area contributed by atoms with Gasteiger partial charge in [0.15, 0.2) is 11.5 Å². The van der Waals surface area contributed by atoms with E-state index < -0.39 is 5.97 Å². The minimum Gasteiger partial charge on any atom is -0.477 e. The monoisotopic (exact) mass is 262 g/mol. The summed E-state index contributed by atoms with van der Waals surface area (Å²) in [5.41, 5.74) is 0.0276. The smallest absolute Gasteiger partial charge is 0.354 e. The van der Waals surface area contributed by atoms with E-state index in [0.29, 0.717) is 30.5 Å². The topological polar surface area (TPSA) is 92.4 Å². The van der Waals surface area contributed by atoms with Gasteiger partial charge in [0.1, 0.15) is 5.82 Å². The summed E-state index contributed by atoms with van der Waals surface area (Å²) in [4.78, 5) is 20.8. The zero-order valence-electron chi connectivity index (χ0n) is 10.7. The number of aromatic nitrogens is 3. The molecule has 19 heavy (non-hydrogen) atoms. The van der Waals surface area contributed by atoms with Crippen LogP contribution in [0.25, 0.3) is 0 Å². The first-order valence-electron chi connectivity index (χ1n) is 5.77. The van der Waals surface area contributed by atoms with Gasteiger partial charge in [-0.1, -0.05) is 11.2 Å². The van der Waals surface area contributed by atoms with Gasteiger partial charge in [-0.05, 0) is 12.1 Å². The van der Waals surface area contributed by atoms with Gasteiger partial charge in [0.25, 0.3) is 0 Å². The predicted octanol–water partition coefficient (Wildman–Crippen LogP) is 1.15. The second-order valence-electron chi connectivity index (χ2n) is 4.09. The number of hydrogen-bond acceptors (Lipinski definition) is 6. The lowest BCUT2D eigenvalue weighted by atomic mass is 10.3.